The molecule has 0 saturated heterocycles. The molecule has 2 amide bonds. The Hall–Kier alpha value is -3.25. The fourth-order valence-electron chi connectivity index (χ4n) is 3.00. The van der Waals surface area contributed by atoms with E-state index in [9.17, 15) is 9.59 Å². The third-order valence-corrected chi connectivity index (χ3v) is 5.40. The molecule has 2 N–H and O–H groups in total. The minimum Gasteiger partial charge on any atom is -0.385 e. The van der Waals surface area contributed by atoms with Crippen molar-refractivity contribution in [3.63, 3.8) is 0 Å². The summed E-state index contributed by atoms with van der Waals surface area (Å²) in [6, 6.07) is 12.9. The second kappa shape index (κ2) is 14.8. The number of amides is 2. The molecule has 0 radical (unpaired) electrons. The van der Waals surface area contributed by atoms with Crippen molar-refractivity contribution < 1.29 is 9.59 Å². The fraction of sp³-hybridized carbons (Fsp3) is 0.286. The van der Waals surface area contributed by atoms with E-state index < -0.39 is 0 Å². The molecule has 0 saturated carbocycles. The SMILES string of the molecule is C=C/C(=C\C=C(C)C)NC(=O)c1cc(NCC)ccc1N(C)C(=O)c1cccc(SC)c1.CC. The van der Waals surface area contributed by atoms with Gasteiger partial charge in [0.05, 0.1) is 11.3 Å². The molecule has 0 unspecified atom stereocenters. The topological polar surface area (TPSA) is 61.4 Å². The van der Waals surface area contributed by atoms with E-state index in [1.165, 1.54) is 4.90 Å². The Labute approximate surface area is 209 Å². The molecule has 2 rings (SSSR count). The first-order chi connectivity index (χ1) is 16.3. The predicted octanol–water partition coefficient (Wildman–Crippen LogP) is 6.91. The first-order valence-electron chi connectivity index (χ1n) is 11.4. The van der Waals surface area contributed by atoms with E-state index >= 15 is 0 Å². The number of allylic oxidation sites excluding steroid dienone is 4. The maximum atomic E-state index is 13.2. The lowest BCUT2D eigenvalue weighted by Crippen LogP contribution is -2.30. The Bertz CT molecular complexity index is 1050. The number of carbonyl (C=O) groups excluding carboxylic acids is 2. The molecule has 6 heteroatoms. The molecule has 182 valence electrons. The minimum absolute atomic E-state index is 0.185. The third-order valence-electron chi connectivity index (χ3n) is 4.68. The van der Waals surface area contributed by atoms with Gasteiger partial charge in [-0.25, -0.2) is 0 Å². The van der Waals surface area contributed by atoms with Gasteiger partial charge in [0, 0.05) is 35.4 Å². The van der Waals surface area contributed by atoms with Crippen molar-refractivity contribution in [2.75, 3.05) is 30.1 Å². The number of hydrogen-bond donors (Lipinski definition) is 2. The lowest BCUT2D eigenvalue weighted by Gasteiger charge is -2.22. The summed E-state index contributed by atoms with van der Waals surface area (Å²) in [4.78, 5) is 28.9. The van der Waals surface area contributed by atoms with Crippen molar-refractivity contribution >= 4 is 35.0 Å². The number of carbonyl (C=O) groups is 2. The van der Waals surface area contributed by atoms with Gasteiger partial charge >= 0.3 is 0 Å². The second-order valence-corrected chi connectivity index (χ2v) is 8.26. The summed E-state index contributed by atoms with van der Waals surface area (Å²) in [5.74, 6) is -0.499. The number of nitrogens with zero attached hydrogens (tertiary/aromatic N) is 1. The molecule has 34 heavy (non-hydrogen) atoms. The highest BCUT2D eigenvalue weighted by atomic mass is 32.2. The molecule has 0 atom stereocenters. The van der Waals surface area contributed by atoms with E-state index in [2.05, 4.69) is 17.2 Å². The van der Waals surface area contributed by atoms with Crippen LogP contribution in [0.3, 0.4) is 0 Å². The zero-order valence-corrected chi connectivity index (χ0v) is 22.2. The maximum absolute atomic E-state index is 13.2. The molecule has 0 bridgehead atoms. The smallest absolute Gasteiger partial charge is 0.258 e. The highest BCUT2D eigenvalue weighted by Crippen LogP contribution is 2.26. The van der Waals surface area contributed by atoms with Crippen LogP contribution in [0, 0.1) is 0 Å². The molecule has 0 spiro atoms. The number of anilines is 2. The quantitative estimate of drug-likeness (QED) is 0.303. The number of rotatable bonds is 9. The van der Waals surface area contributed by atoms with Crippen molar-refractivity contribution in [2.45, 2.75) is 39.5 Å². The van der Waals surface area contributed by atoms with Crippen molar-refractivity contribution in [2.24, 2.45) is 0 Å². The van der Waals surface area contributed by atoms with Gasteiger partial charge in [-0.3, -0.25) is 9.59 Å². The molecule has 0 aliphatic heterocycles. The molecule has 2 aromatic carbocycles. The van der Waals surface area contributed by atoms with Gasteiger partial charge in [-0.2, -0.15) is 0 Å². The molecule has 0 aliphatic rings. The highest BCUT2D eigenvalue weighted by Gasteiger charge is 2.21. The summed E-state index contributed by atoms with van der Waals surface area (Å²) in [6.07, 6.45) is 7.27. The highest BCUT2D eigenvalue weighted by molar-refractivity contribution is 7.98. The van der Waals surface area contributed by atoms with Crippen molar-refractivity contribution in [3.05, 3.63) is 89.7 Å². The molecule has 0 heterocycles. The average Bonchev–Trinajstić information content (AvgIpc) is 2.86. The Morgan fingerprint density at radius 3 is 2.38 bits per heavy atom. The van der Waals surface area contributed by atoms with E-state index in [0.29, 0.717) is 22.5 Å². The number of nitrogens with one attached hydrogen (secondary N) is 2. The lowest BCUT2D eigenvalue weighted by atomic mass is 10.1. The largest absolute Gasteiger partial charge is 0.385 e. The number of benzene rings is 2. The van der Waals surface area contributed by atoms with Crippen LogP contribution in [-0.4, -0.2) is 31.7 Å². The second-order valence-electron chi connectivity index (χ2n) is 7.38. The summed E-state index contributed by atoms with van der Waals surface area (Å²) in [7, 11) is 1.68. The number of thioether (sulfide) groups is 1. The van der Waals surface area contributed by atoms with Crippen molar-refractivity contribution in [1.29, 1.82) is 0 Å². The van der Waals surface area contributed by atoms with Crippen molar-refractivity contribution in [1.82, 2.24) is 5.32 Å². The first kappa shape index (κ1) is 28.8. The van der Waals surface area contributed by atoms with Crippen LogP contribution in [0.2, 0.25) is 0 Å². The standard InChI is InChI=1S/C26H31N3O2S.C2H6/c1-7-20(13-12-18(3)4)28-25(30)23-17-21(27-8-2)14-15-24(23)29(5)26(31)19-10-9-11-22(16-19)32-6;1-2/h7,9-17,27H,1,8H2,2-6H3,(H,28,30);1-2H3/b20-13+;. The fourth-order valence-corrected chi connectivity index (χ4v) is 3.46. The Morgan fingerprint density at radius 1 is 1.09 bits per heavy atom. The molecular weight excluding hydrogens is 442 g/mol. The van der Waals surface area contributed by atoms with Crippen LogP contribution in [0.25, 0.3) is 0 Å². The van der Waals surface area contributed by atoms with Crippen molar-refractivity contribution in [3.8, 4) is 0 Å². The monoisotopic (exact) mass is 479 g/mol. The van der Waals surface area contributed by atoms with Gasteiger partial charge in [0.1, 0.15) is 0 Å². The zero-order chi connectivity index (χ0) is 25.7. The Kier molecular flexibility index (Phi) is 12.5. The van der Waals surface area contributed by atoms with E-state index in [4.69, 9.17) is 0 Å². The van der Waals surface area contributed by atoms with Gasteiger partial charge in [0.25, 0.3) is 11.8 Å². The molecule has 0 aliphatic carbocycles. The van der Waals surface area contributed by atoms with Crippen LogP contribution in [0.1, 0.15) is 55.3 Å². The normalized spacial score (nSPS) is 10.4. The molecule has 5 nitrogen and oxygen atoms in total. The summed E-state index contributed by atoms with van der Waals surface area (Å²) >= 11 is 1.58. The summed E-state index contributed by atoms with van der Waals surface area (Å²) in [6.45, 7) is 14.4. The minimum atomic E-state index is -0.314. The number of hydrogen-bond acceptors (Lipinski definition) is 4. The van der Waals surface area contributed by atoms with Gasteiger partial charge in [-0.05, 0) is 75.6 Å². The van der Waals surface area contributed by atoms with Gasteiger partial charge in [0.2, 0.25) is 0 Å². The van der Waals surface area contributed by atoms with Crippen LogP contribution < -0.4 is 15.5 Å². The van der Waals surface area contributed by atoms with Crippen LogP contribution >= 0.6 is 11.8 Å². The van der Waals surface area contributed by atoms with Gasteiger partial charge in [-0.15, -0.1) is 11.8 Å². The van der Waals surface area contributed by atoms with E-state index in [1.54, 1.807) is 49.2 Å². The summed E-state index contributed by atoms with van der Waals surface area (Å²) in [5.41, 5.74) is 3.97. The average molecular weight is 480 g/mol. The summed E-state index contributed by atoms with van der Waals surface area (Å²) in [5, 5.41) is 6.11. The molecule has 0 aromatic heterocycles. The molecule has 2 aromatic rings. The third kappa shape index (κ3) is 8.27. The van der Waals surface area contributed by atoms with Gasteiger partial charge in [0.15, 0.2) is 0 Å². The first-order valence-corrected chi connectivity index (χ1v) is 12.6. The van der Waals surface area contributed by atoms with E-state index in [0.717, 1.165) is 22.7 Å². The van der Waals surface area contributed by atoms with E-state index in [1.807, 2.05) is 71.2 Å². The van der Waals surface area contributed by atoms with Crippen LogP contribution in [0.4, 0.5) is 11.4 Å². The van der Waals surface area contributed by atoms with E-state index in [-0.39, 0.29) is 11.8 Å². The van der Waals surface area contributed by atoms with Gasteiger partial charge < -0.3 is 15.5 Å². The Morgan fingerprint density at radius 2 is 1.79 bits per heavy atom. The predicted molar refractivity (Wildman–Crippen MR) is 148 cm³/mol. The maximum Gasteiger partial charge on any atom is 0.258 e. The van der Waals surface area contributed by atoms with Crippen LogP contribution in [0.5, 0.6) is 0 Å². The summed E-state index contributed by atoms with van der Waals surface area (Å²) < 4.78 is 0. The molecular formula is C28H37N3O2S. The van der Waals surface area contributed by atoms with Crippen LogP contribution in [-0.2, 0) is 0 Å². The van der Waals surface area contributed by atoms with Crippen LogP contribution in [0.15, 0.2) is 83.4 Å². The Balaban J connectivity index is 0.00000281. The molecule has 0 fully saturated rings. The zero-order valence-electron chi connectivity index (χ0n) is 21.4. The van der Waals surface area contributed by atoms with Gasteiger partial charge in [-0.1, -0.05) is 38.1 Å². The lowest BCUT2D eigenvalue weighted by molar-refractivity contribution is 0.0967.